The normalized spacial score (nSPS) is 10.4. The zero-order valence-electron chi connectivity index (χ0n) is 9.08. The van der Waals surface area contributed by atoms with Crippen LogP contribution in [0.5, 0.6) is 0 Å². The minimum absolute atomic E-state index is 0.101. The highest BCUT2D eigenvalue weighted by Crippen LogP contribution is 2.26. The van der Waals surface area contributed by atoms with Crippen LogP contribution >= 0.6 is 43.5 Å². The van der Waals surface area contributed by atoms with Gasteiger partial charge in [0.15, 0.2) is 5.78 Å². The Bertz CT molecular complexity index is 628. The van der Waals surface area contributed by atoms with Crippen LogP contribution < -0.4 is 5.73 Å². The first-order valence-electron chi connectivity index (χ1n) is 5.04. The fourth-order valence-corrected chi connectivity index (χ4v) is 2.91. The standard InChI is InChI=1S/C13H8Br2ClNO/c14-8-2-3-9(10(15)6-8)13(18)7-1-4-12(17)11(16)5-7/h1-6H,17H2. The number of rotatable bonds is 2. The Balaban J connectivity index is 2.44. The first-order valence-corrected chi connectivity index (χ1v) is 7.00. The van der Waals surface area contributed by atoms with Gasteiger partial charge in [-0.3, -0.25) is 4.79 Å². The van der Waals surface area contributed by atoms with Crippen molar-refractivity contribution < 1.29 is 4.79 Å². The van der Waals surface area contributed by atoms with Crippen molar-refractivity contribution in [3.63, 3.8) is 0 Å². The van der Waals surface area contributed by atoms with Gasteiger partial charge in [0.05, 0.1) is 10.7 Å². The van der Waals surface area contributed by atoms with E-state index in [1.165, 1.54) is 0 Å². The zero-order valence-corrected chi connectivity index (χ0v) is 13.0. The lowest BCUT2D eigenvalue weighted by Crippen LogP contribution is -2.03. The molecular formula is C13H8Br2ClNO. The van der Waals surface area contributed by atoms with Crippen molar-refractivity contribution in [1.82, 2.24) is 0 Å². The van der Waals surface area contributed by atoms with E-state index in [1.807, 2.05) is 12.1 Å². The summed E-state index contributed by atoms with van der Waals surface area (Å²) in [6.07, 6.45) is 0. The molecule has 0 aliphatic heterocycles. The maximum Gasteiger partial charge on any atom is 0.194 e. The summed E-state index contributed by atoms with van der Waals surface area (Å²) in [6.45, 7) is 0. The summed E-state index contributed by atoms with van der Waals surface area (Å²) < 4.78 is 1.64. The maximum atomic E-state index is 12.3. The van der Waals surface area contributed by atoms with Crippen LogP contribution in [-0.4, -0.2) is 5.78 Å². The summed E-state index contributed by atoms with van der Waals surface area (Å²) in [5, 5.41) is 0.383. The first-order chi connectivity index (χ1) is 8.49. The molecule has 0 bridgehead atoms. The van der Waals surface area contributed by atoms with Crippen molar-refractivity contribution in [2.24, 2.45) is 0 Å². The summed E-state index contributed by atoms with van der Waals surface area (Å²) >= 11 is 12.6. The van der Waals surface area contributed by atoms with E-state index in [2.05, 4.69) is 31.9 Å². The van der Waals surface area contributed by atoms with Gasteiger partial charge in [0.1, 0.15) is 0 Å². The first kappa shape index (κ1) is 13.6. The molecule has 0 atom stereocenters. The average Bonchev–Trinajstić information content (AvgIpc) is 2.32. The number of benzene rings is 2. The summed E-state index contributed by atoms with van der Waals surface area (Å²) in [5.74, 6) is -0.101. The van der Waals surface area contributed by atoms with Gasteiger partial charge in [0.25, 0.3) is 0 Å². The third-order valence-electron chi connectivity index (χ3n) is 2.44. The van der Waals surface area contributed by atoms with Gasteiger partial charge in [0, 0.05) is 20.1 Å². The largest absolute Gasteiger partial charge is 0.398 e. The number of nitrogens with two attached hydrogens (primary N) is 1. The highest BCUT2D eigenvalue weighted by Gasteiger charge is 2.13. The lowest BCUT2D eigenvalue weighted by atomic mass is 10.0. The third-order valence-corrected chi connectivity index (χ3v) is 3.92. The smallest absolute Gasteiger partial charge is 0.194 e. The molecule has 2 aromatic carbocycles. The molecule has 5 heteroatoms. The van der Waals surface area contributed by atoms with Crippen molar-refractivity contribution >= 4 is 54.9 Å². The van der Waals surface area contributed by atoms with Crippen molar-refractivity contribution in [2.75, 3.05) is 5.73 Å². The van der Waals surface area contributed by atoms with E-state index in [0.29, 0.717) is 21.8 Å². The third kappa shape index (κ3) is 2.76. The molecule has 0 aliphatic rings. The SMILES string of the molecule is Nc1ccc(C(=O)c2ccc(Br)cc2Br)cc1Cl. The number of nitrogen functional groups attached to an aromatic ring is 1. The van der Waals surface area contributed by atoms with Gasteiger partial charge >= 0.3 is 0 Å². The van der Waals surface area contributed by atoms with Crippen LogP contribution in [0.15, 0.2) is 45.3 Å². The van der Waals surface area contributed by atoms with Crippen molar-refractivity contribution in [2.45, 2.75) is 0 Å². The number of carbonyl (C=O) groups is 1. The number of carbonyl (C=O) groups excluding carboxylic acids is 1. The molecule has 2 nitrogen and oxygen atoms in total. The monoisotopic (exact) mass is 387 g/mol. The minimum Gasteiger partial charge on any atom is -0.398 e. The van der Waals surface area contributed by atoms with E-state index >= 15 is 0 Å². The molecule has 2 rings (SSSR count). The molecule has 92 valence electrons. The molecule has 0 amide bonds. The van der Waals surface area contributed by atoms with E-state index in [4.69, 9.17) is 17.3 Å². The molecule has 0 saturated heterocycles. The van der Waals surface area contributed by atoms with E-state index in [-0.39, 0.29) is 5.78 Å². The second-order valence-corrected chi connectivity index (χ2v) is 5.87. The molecule has 0 radical (unpaired) electrons. The molecule has 0 heterocycles. The van der Waals surface area contributed by atoms with Gasteiger partial charge in [0.2, 0.25) is 0 Å². The van der Waals surface area contributed by atoms with E-state index in [9.17, 15) is 4.79 Å². The summed E-state index contributed by atoms with van der Waals surface area (Å²) in [7, 11) is 0. The van der Waals surface area contributed by atoms with Crippen molar-refractivity contribution in [1.29, 1.82) is 0 Å². The predicted molar refractivity (Wildman–Crippen MR) is 81.1 cm³/mol. The zero-order chi connectivity index (χ0) is 13.3. The fraction of sp³-hybridized carbons (Fsp3) is 0. The highest BCUT2D eigenvalue weighted by atomic mass is 79.9. The van der Waals surface area contributed by atoms with Crippen LogP contribution in [0.2, 0.25) is 5.02 Å². The Kier molecular flexibility index (Phi) is 4.10. The number of ketones is 1. The Labute approximate surface area is 126 Å². The van der Waals surface area contributed by atoms with Crippen LogP contribution in [-0.2, 0) is 0 Å². The molecule has 18 heavy (non-hydrogen) atoms. The van der Waals surface area contributed by atoms with Crippen LogP contribution in [0.1, 0.15) is 15.9 Å². The Morgan fingerprint density at radius 1 is 1.11 bits per heavy atom. The van der Waals surface area contributed by atoms with Gasteiger partial charge in [-0.05, 0) is 52.3 Å². The van der Waals surface area contributed by atoms with Crippen LogP contribution in [0, 0.1) is 0 Å². The molecule has 0 fully saturated rings. The number of halogens is 3. The topological polar surface area (TPSA) is 43.1 Å². The van der Waals surface area contributed by atoms with Crippen LogP contribution in [0.25, 0.3) is 0 Å². The van der Waals surface area contributed by atoms with E-state index in [0.717, 1.165) is 8.95 Å². The fourth-order valence-electron chi connectivity index (χ4n) is 1.50. The molecule has 0 aliphatic carbocycles. The van der Waals surface area contributed by atoms with Crippen LogP contribution in [0.3, 0.4) is 0 Å². The van der Waals surface area contributed by atoms with Gasteiger partial charge in [-0.1, -0.05) is 27.5 Å². The van der Waals surface area contributed by atoms with Gasteiger partial charge < -0.3 is 5.73 Å². The molecular weight excluding hydrogens is 381 g/mol. The molecule has 0 spiro atoms. The number of hydrogen-bond donors (Lipinski definition) is 1. The Hall–Kier alpha value is -0.840. The second-order valence-electron chi connectivity index (χ2n) is 3.69. The molecule has 2 aromatic rings. The Morgan fingerprint density at radius 3 is 2.44 bits per heavy atom. The lowest BCUT2D eigenvalue weighted by molar-refractivity contribution is 0.103. The second kappa shape index (κ2) is 5.43. The molecule has 2 N–H and O–H groups in total. The Morgan fingerprint density at radius 2 is 1.83 bits per heavy atom. The lowest BCUT2D eigenvalue weighted by Gasteiger charge is -2.06. The van der Waals surface area contributed by atoms with Gasteiger partial charge in [-0.15, -0.1) is 0 Å². The van der Waals surface area contributed by atoms with Gasteiger partial charge in [-0.25, -0.2) is 0 Å². The summed E-state index contributed by atoms with van der Waals surface area (Å²) in [4.78, 5) is 12.3. The molecule has 0 unspecified atom stereocenters. The number of anilines is 1. The maximum absolute atomic E-state index is 12.3. The highest BCUT2D eigenvalue weighted by molar-refractivity contribution is 9.11. The van der Waals surface area contributed by atoms with E-state index < -0.39 is 0 Å². The van der Waals surface area contributed by atoms with Crippen molar-refractivity contribution in [3.8, 4) is 0 Å². The predicted octanol–water partition coefficient (Wildman–Crippen LogP) is 4.68. The number of hydrogen-bond acceptors (Lipinski definition) is 2. The average molecular weight is 389 g/mol. The molecule has 0 saturated carbocycles. The summed E-state index contributed by atoms with van der Waals surface area (Å²) in [6, 6.07) is 10.3. The minimum atomic E-state index is -0.101. The summed E-state index contributed by atoms with van der Waals surface area (Å²) in [5.41, 5.74) is 7.17. The molecule has 0 aromatic heterocycles. The van der Waals surface area contributed by atoms with E-state index in [1.54, 1.807) is 24.3 Å². The quantitative estimate of drug-likeness (QED) is 0.599. The van der Waals surface area contributed by atoms with Crippen LogP contribution in [0.4, 0.5) is 5.69 Å². The van der Waals surface area contributed by atoms with Gasteiger partial charge in [-0.2, -0.15) is 0 Å². The van der Waals surface area contributed by atoms with Crippen molar-refractivity contribution in [3.05, 3.63) is 61.5 Å².